The second-order valence-electron chi connectivity index (χ2n) is 5.07. The molecule has 0 aliphatic carbocycles. The molecule has 0 radical (unpaired) electrons. The molecule has 25 heavy (non-hydrogen) atoms. The Morgan fingerprint density at radius 1 is 1.16 bits per heavy atom. The summed E-state index contributed by atoms with van der Waals surface area (Å²) in [6.45, 7) is 1.45. The van der Waals surface area contributed by atoms with Crippen LogP contribution in [0.1, 0.15) is 22.8 Å². The summed E-state index contributed by atoms with van der Waals surface area (Å²) >= 11 is 0. The number of para-hydroxylation sites is 1. The largest absolute Gasteiger partial charge is 0.496 e. The highest BCUT2D eigenvalue weighted by molar-refractivity contribution is 5.97. The van der Waals surface area contributed by atoms with Crippen LogP contribution in [0.25, 0.3) is 0 Å². The highest BCUT2D eigenvalue weighted by atomic mass is 16.5. The second-order valence-corrected chi connectivity index (χ2v) is 5.07. The molecule has 2 N–H and O–H groups in total. The van der Waals surface area contributed by atoms with Crippen molar-refractivity contribution in [2.45, 2.75) is 13.0 Å². The van der Waals surface area contributed by atoms with Crippen LogP contribution < -0.4 is 14.9 Å². The zero-order valence-corrected chi connectivity index (χ0v) is 13.8. The minimum atomic E-state index is -1.04. The maximum Gasteiger partial charge on any atom is 0.344 e. The molecule has 0 fully saturated rings. The first-order chi connectivity index (χ1) is 12.0. The fourth-order valence-corrected chi connectivity index (χ4v) is 1.94. The topological polar surface area (TPSA) is 97.2 Å². The number of carbonyl (C=O) groups is 2. The molecular weight excluding hydrogens is 324 g/mol. The Bertz CT molecular complexity index is 771. The summed E-state index contributed by atoms with van der Waals surface area (Å²) in [5, 5.41) is 12.7. The van der Waals surface area contributed by atoms with E-state index in [0.29, 0.717) is 17.1 Å². The Morgan fingerprint density at radius 3 is 2.48 bits per heavy atom. The van der Waals surface area contributed by atoms with Gasteiger partial charge in [0, 0.05) is 0 Å². The van der Waals surface area contributed by atoms with Gasteiger partial charge in [0.2, 0.25) is 0 Å². The number of carbonyl (C=O) groups excluding carboxylic acids is 1. The lowest BCUT2D eigenvalue weighted by atomic mass is 10.2. The summed E-state index contributed by atoms with van der Waals surface area (Å²) < 4.78 is 10.4. The minimum absolute atomic E-state index is 0.383. The molecule has 2 aromatic carbocycles. The van der Waals surface area contributed by atoms with Crippen molar-refractivity contribution in [2.75, 3.05) is 7.11 Å². The number of hydrogen-bond donors (Lipinski definition) is 2. The zero-order chi connectivity index (χ0) is 18.2. The van der Waals surface area contributed by atoms with Crippen molar-refractivity contribution in [3.05, 3.63) is 59.7 Å². The Hall–Kier alpha value is -3.35. The van der Waals surface area contributed by atoms with Crippen LogP contribution in [-0.4, -0.2) is 36.4 Å². The molecule has 2 aromatic rings. The number of hydrazone groups is 1. The van der Waals surface area contributed by atoms with Gasteiger partial charge in [0.15, 0.2) is 6.10 Å². The van der Waals surface area contributed by atoms with Crippen LogP contribution in [0.4, 0.5) is 0 Å². The summed E-state index contributed by atoms with van der Waals surface area (Å²) in [6.07, 6.45) is 0.539. The van der Waals surface area contributed by atoms with E-state index in [0.717, 1.165) is 5.56 Å². The normalized spacial score (nSPS) is 11.8. The van der Waals surface area contributed by atoms with Gasteiger partial charge in [-0.05, 0) is 48.9 Å². The van der Waals surface area contributed by atoms with E-state index in [2.05, 4.69) is 10.5 Å². The number of carboxylic acid groups (broad SMARTS) is 1. The number of rotatable bonds is 7. The molecule has 0 saturated heterocycles. The van der Waals surface area contributed by atoms with Crippen LogP contribution >= 0.6 is 0 Å². The van der Waals surface area contributed by atoms with Gasteiger partial charge >= 0.3 is 5.97 Å². The maximum atomic E-state index is 12.1. The van der Waals surface area contributed by atoms with Gasteiger partial charge in [-0.2, -0.15) is 5.10 Å². The van der Waals surface area contributed by atoms with Crippen molar-refractivity contribution in [2.24, 2.45) is 5.10 Å². The Labute approximate surface area is 144 Å². The molecule has 0 aromatic heterocycles. The lowest BCUT2D eigenvalue weighted by Crippen LogP contribution is -2.22. The highest BCUT2D eigenvalue weighted by Crippen LogP contribution is 2.17. The molecule has 7 heteroatoms. The van der Waals surface area contributed by atoms with E-state index in [-0.39, 0.29) is 5.91 Å². The molecule has 0 aliphatic heterocycles. The van der Waals surface area contributed by atoms with Gasteiger partial charge in [-0.25, -0.2) is 10.2 Å². The summed E-state index contributed by atoms with van der Waals surface area (Å²) in [5.41, 5.74) is 3.53. The smallest absolute Gasteiger partial charge is 0.344 e. The number of carboxylic acids is 1. The summed E-state index contributed by atoms with van der Waals surface area (Å²) in [6, 6.07) is 13.5. The van der Waals surface area contributed by atoms with Gasteiger partial charge in [-0.15, -0.1) is 0 Å². The summed E-state index contributed by atoms with van der Waals surface area (Å²) in [7, 11) is 1.49. The number of hydrogen-bond acceptors (Lipinski definition) is 5. The van der Waals surface area contributed by atoms with E-state index in [1.54, 1.807) is 48.5 Å². The molecule has 0 unspecified atom stereocenters. The Morgan fingerprint density at radius 2 is 1.84 bits per heavy atom. The fraction of sp³-hybridized carbons (Fsp3) is 0.167. The molecule has 2 rings (SSSR count). The minimum Gasteiger partial charge on any atom is -0.496 e. The zero-order valence-electron chi connectivity index (χ0n) is 13.8. The molecule has 0 heterocycles. The molecule has 0 aliphatic rings. The Kier molecular flexibility index (Phi) is 6.11. The molecular formula is C18H18N2O5. The summed E-state index contributed by atoms with van der Waals surface area (Å²) in [5.74, 6) is -0.525. The average molecular weight is 342 g/mol. The third-order valence-electron chi connectivity index (χ3n) is 3.27. The molecule has 0 saturated carbocycles. The van der Waals surface area contributed by atoms with Crippen LogP contribution in [0.15, 0.2) is 53.6 Å². The number of methoxy groups -OCH3 is 1. The van der Waals surface area contributed by atoms with E-state index >= 15 is 0 Å². The molecule has 1 atom stereocenters. The van der Waals surface area contributed by atoms with Crippen LogP contribution in [-0.2, 0) is 4.79 Å². The van der Waals surface area contributed by atoms with Crippen molar-refractivity contribution in [1.82, 2.24) is 5.43 Å². The number of amides is 1. The number of nitrogens with zero attached hydrogens (tertiary/aromatic N) is 1. The standard InChI is InChI=1S/C18H18N2O5/c1-12(18(22)23)25-14-9-7-13(8-10-14)11-19-20-17(21)15-5-3-4-6-16(15)24-2/h3-12H,1-2H3,(H,20,21)(H,22,23)/b19-11-/t12-/m1/s1. The van der Waals surface area contributed by atoms with Crippen LogP contribution in [0.2, 0.25) is 0 Å². The number of benzene rings is 2. The maximum absolute atomic E-state index is 12.1. The predicted octanol–water partition coefficient (Wildman–Crippen LogP) is 2.31. The van der Waals surface area contributed by atoms with Crippen molar-refractivity contribution in [1.29, 1.82) is 0 Å². The third kappa shape index (κ3) is 5.07. The molecule has 0 spiro atoms. The average Bonchev–Trinajstić information content (AvgIpc) is 2.62. The first-order valence-electron chi connectivity index (χ1n) is 7.47. The fourth-order valence-electron chi connectivity index (χ4n) is 1.94. The van der Waals surface area contributed by atoms with E-state index in [4.69, 9.17) is 14.6 Å². The van der Waals surface area contributed by atoms with Crippen LogP contribution in [0, 0.1) is 0 Å². The predicted molar refractivity (Wildman–Crippen MR) is 92.2 cm³/mol. The van der Waals surface area contributed by atoms with Gasteiger partial charge in [-0.1, -0.05) is 12.1 Å². The van der Waals surface area contributed by atoms with E-state index < -0.39 is 12.1 Å². The van der Waals surface area contributed by atoms with E-state index in [9.17, 15) is 9.59 Å². The molecule has 0 bridgehead atoms. The van der Waals surface area contributed by atoms with Gasteiger partial charge in [0.05, 0.1) is 18.9 Å². The number of ether oxygens (including phenoxy) is 2. The SMILES string of the molecule is COc1ccccc1C(=O)N/N=C\c1ccc(O[C@H](C)C(=O)O)cc1. The first-order valence-corrected chi connectivity index (χ1v) is 7.47. The lowest BCUT2D eigenvalue weighted by molar-refractivity contribution is -0.144. The number of aliphatic carboxylic acids is 1. The van der Waals surface area contributed by atoms with Crippen LogP contribution in [0.3, 0.4) is 0 Å². The van der Waals surface area contributed by atoms with Crippen molar-refractivity contribution >= 4 is 18.1 Å². The van der Waals surface area contributed by atoms with Crippen LogP contribution in [0.5, 0.6) is 11.5 Å². The van der Waals surface area contributed by atoms with Gasteiger partial charge in [0.1, 0.15) is 11.5 Å². The third-order valence-corrected chi connectivity index (χ3v) is 3.27. The monoisotopic (exact) mass is 342 g/mol. The first kappa shape index (κ1) is 18.0. The Balaban J connectivity index is 1.95. The quantitative estimate of drug-likeness (QED) is 0.594. The van der Waals surface area contributed by atoms with Gasteiger partial charge in [0.25, 0.3) is 5.91 Å². The van der Waals surface area contributed by atoms with Crippen molar-refractivity contribution in [3.8, 4) is 11.5 Å². The van der Waals surface area contributed by atoms with Crippen molar-refractivity contribution < 1.29 is 24.2 Å². The summed E-state index contributed by atoms with van der Waals surface area (Å²) in [4.78, 5) is 22.8. The highest BCUT2D eigenvalue weighted by Gasteiger charge is 2.12. The van der Waals surface area contributed by atoms with Gasteiger partial charge < -0.3 is 14.6 Å². The van der Waals surface area contributed by atoms with E-state index in [1.165, 1.54) is 20.2 Å². The second kappa shape index (κ2) is 8.49. The lowest BCUT2D eigenvalue weighted by Gasteiger charge is -2.10. The molecule has 7 nitrogen and oxygen atoms in total. The molecule has 1 amide bonds. The van der Waals surface area contributed by atoms with Crippen molar-refractivity contribution in [3.63, 3.8) is 0 Å². The number of nitrogens with one attached hydrogen (secondary N) is 1. The van der Waals surface area contributed by atoms with Gasteiger partial charge in [-0.3, -0.25) is 4.79 Å². The molecule has 130 valence electrons. The van der Waals surface area contributed by atoms with E-state index in [1.807, 2.05) is 0 Å².